The van der Waals surface area contributed by atoms with Gasteiger partial charge < -0.3 is 10.2 Å². The molecule has 0 fully saturated rings. The Labute approximate surface area is 89.2 Å². The van der Waals surface area contributed by atoms with E-state index in [1.165, 1.54) is 0 Å². The van der Waals surface area contributed by atoms with Gasteiger partial charge >= 0.3 is 32.2 Å². The molecule has 3 nitrogen and oxygen atoms in total. The van der Waals surface area contributed by atoms with E-state index >= 15 is 0 Å². The number of rotatable bonds is 2. The zero-order chi connectivity index (χ0) is 8.27. The van der Waals surface area contributed by atoms with E-state index in [2.05, 4.69) is 0 Å². The van der Waals surface area contributed by atoms with Crippen LogP contribution in [0.3, 0.4) is 0 Å². The average Bonchev–Trinajstić information content (AvgIpc) is 2.05. The van der Waals surface area contributed by atoms with Gasteiger partial charge in [-0.15, -0.1) is 0 Å². The fourth-order valence-corrected chi connectivity index (χ4v) is 0.778. The van der Waals surface area contributed by atoms with Crippen LogP contribution in [0.5, 0.6) is 0 Å². The van der Waals surface area contributed by atoms with Crippen LogP contribution in [0.2, 0.25) is 0 Å². The minimum atomic E-state index is -1.41. The summed E-state index contributed by atoms with van der Waals surface area (Å²) in [6.45, 7) is 0. The normalized spacial score (nSPS) is 11.4. The number of hydrogen-bond donors (Lipinski definition) is 2. The molecule has 0 aliphatic carbocycles. The van der Waals surface area contributed by atoms with Gasteiger partial charge in [0, 0.05) is 0 Å². The molecule has 12 heavy (non-hydrogen) atoms. The maximum absolute atomic E-state index is 10.2. The van der Waals surface area contributed by atoms with E-state index < -0.39 is 12.1 Å². The van der Waals surface area contributed by atoms with Crippen LogP contribution in [-0.4, -0.2) is 42.4 Å². The summed E-state index contributed by atoms with van der Waals surface area (Å²) in [5, 5.41) is 17.4. The zero-order valence-electron chi connectivity index (χ0n) is 6.47. The minimum absolute atomic E-state index is 0. The van der Waals surface area contributed by atoms with Crippen LogP contribution < -0.4 is 0 Å². The molecule has 0 aliphatic rings. The summed E-state index contributed by atoms with van der Waals surface area (Å²) < 4.78 is 0. The van der Waals surface area contributed by atoms with Crippen LogP contribution in [0, 0.1) is 0 Å². The molecule has 1 aromatic carbocycles. The molecule has 1 aromatic rings. The van der Waals surface area contributed by atoms with Gasteiger partial charge in [0.25, 0.3) is 0 Å². The van der Waals surface area contributed by atoms with Crippen molar-refractivity contribution in [3.8, 4) is 0 Å². The molecule has 0 heterocycles. The first-order valence-electron chi connectivity index (χ1n) is 3.17. The molecule has 0 bridgehead atoms. The number of carboxylic acids is 1. The van der Waals surface area contributed by atoms with Gasteiger partial charge in [-0.3, -0.25) is 0 Å². The van der Waals surface area contributed by atoms with Crippen LogP contribution in [0.25, 0.3) is 0 Å². The first kappa shape index (κ1) is 11.5. The summed E-state index contributed by atoms with van der Waals surface area (Å²) >= 11 is 0. The van der Waals surface area contributed by atoms with Gasteiger partial charge in [-0.1, -0.05) is 30.3 Å². The number of aliphatic carboxylic acids is 1. The van der Waals surface area contributed by atoms with Crippen molar-refractivity contribution in [2.24, 2.45) is 0 Å². The second-order valence-corrected chi connectivity index (χ2v) is 2.15. The van der Waals surface area contributed by atoms with Gasteiger partial charge in [0.05, 0.1) is 0 Å². The van der Waals surface area contributed by atoms with Crippen LogP contribution >= 0.6 is 0 Å². The first-order valence-corrected chi connectivity index (χ1v) is 3.17. The third-order valence-electron chi connectivity index (χ3n) is 1.35. The Bertz CT molecular complexity index is 248. The average molecular weight is 364 g/mol. The van der Waals surface area contributed by atoms with E-state index in [1.807, 2.05) is 0 Å². The van der Waals surface area contributed by atoms with Crippen LogP contribution in [0.1, 0.15) is 11.7 Å². The number of aliphatic hydroxyl groups excluding tert-OH is 1. The monoisotopic (exact) mass is 364 g/mol. The fraction of sp³-hybridized carbons (Fsp3) is 0.125. The summed E-state index contributed by atoms with van der Waals surface area (Å²) in [6.07, 6.45) is -1.41. The van der Waals surface area contributed by atoms with Crippen molar-refractivity contribution in [1.82, 2.24) is 0 Å². The summed E-state index contributed by atoms with van der Waals surface area (Å²) in [4.78, 5) is 10.2. The number of benzene rings is 1. The molecule has 1 rings (SSSR count). The van der Waals surface area contributed by atoms with Crippen molar-refractivity contribution in [3.63, 3.8) is 0 Å². The third-order valence-corrected chi connectivity index (χ3v) is 1.35. The molecule has 0 amide bonds. The number of carboxylic acid groups (broad SMARTS) is 1. The molecule has 0 aromatic heterocycles. The molecule has 0 radical (unpaired) electrons. The molecule has 0 spiro atoms. The standard InChI is InChI=1S/C8H8O3.Bi.3H/c9-7(8(10)11)6-4-2-1-3-5-6;;;;/h1-5,7,9H,(H,10,11);;;;/t7-;;;;/m1..../s1. The molecule has 0 unspecified atom stereocenters. The van der Waals surface area contributed by atoms with Crippen molar-refractivity contribution in [2.45, 2.75) is 6.10 Å². The van der Waals surface area contributed by atoms with Crippen molar-refractivity contribution < 1.29 is 15.0 Å². The molecule has 4 heteroatoms. The Morgan fingerprint density at radius 3 is 2.17 bits per heavy atom. The van der Waals surface area contributed by atoms with Gasteiger partial charge in [-0.25, -0.2) is 4.79 Å². The molecule has 0 saturated carbocycles. The maximum atomic E-state index is 10.2. The Morgan fingerprint density at radius 2 is 1.75 bits per heavy atom. The first-order chi connectivity index (χ1) is 5.22. The number of hydrogen-bond acceptors (Lipinski definition) is 2. The molecule has 0 aliphatic heterocycles. The van der Waals surface area contributed by atoms with E-state index in [0.717, 1.165) is 0 Å². The molecular formula is C8H11BiO3. The van der Waals surface area contributed by atoms with E-state index in [1.54, 1.807) is 30.3 Å². The molecule has 2 N–H and O–H groups in total. The Morgan fingerprint density at radius 1 is 1.25 bits per heavy atom. The van der Waals surface area contributed by atoms with E-state index in [9.17, 15) is 4.79 Å². The van der Waals surface area contributed by atoms with Crippen molar-refractivity contribution >= 4 is 32.2 Å². The fourth-order valence-electron chi connectivity index (χ4n) is 0.778. The summed E-state index contributed by atoms with van der Waals surface area (Å²) in [5.41, 5.74) is 0.403. The summed E-state index contributed by atoms with van der Waals surface area (Å²) in [6, 6.07) is 8.26. The molecular weight excluding hydrogens is 353 g/mol. The predicted octanol–water partition coefficient (Wildman–Crippen LogP) is -0.379. The van der Waals surface area contributed by atoms with Crippen LogP contribution in [0.15, 0.2) is 30.3 Å². The summed E-state index contributed by atoms with van der Waals surface area (Å²) in [5.74, 6) is -1.23. The van der Waals surface area contributed by atoms with E-state index in [0.29, 0.717) is 5.56 Å². The number of carbonyl (C=O) groups is 1. The van der Waals surface area contributed by atoms with E-state index in [4.69, 9.17) is 10.2 Å². The molecule has 0 saturated heterocycles. The SMILES string of the molecule is O=C(O)[C@H](O)c1ccccc1.[BiH3]. The van der Waals surface area contributed by atoms with Crippen LogP contribution in [-0.2, 0) is 4.79 Å². The van der Waals surface area contributed by atoms with Crippen LogP contribution in [0.4, 0.5) is 0 Å². The second-order valence-electron chi connectivity index (χ2n) is 2.15. The molecule has 66 valence electrons. The number of aliphatic hydroxyl groups is 1. The van der Waals surface area contributed by atoms with Gasteiger partial charge in [0.1, 0.15) is 0 Å². The predicted molar refractivity (Wildman–Crippen MR) is 49.0 cm³/mol. The van der Waals surface area contributed by atoms with Crippen molar-refractivity contribution in [2.75, 3.05) is 0 Å². The second kappa shape index (κ2) is 5.23. The van der Waals surface area contributed by atoms with Gasteiger partial charge in [0.15, 0.2) is 6.10 Å². The third kappa shape index (κ3) is 2.88. The summed E-state index contributed by atoms with van der Waals surface area (Å²) in [7, 11) is 0. The quantitative estimate of drug-likeness (QED) is 0.704. The van der Waals surface area contributed by atoms with Crippen molar-refractivity contribution in [3.05, 3.63) is 35.9 Å². The Kier molecular flexibility index (Phi) is 5.02. The van der Waals surface area contributed by atoms with Gasteiger partial charge in [-0.2, -0.15) is 0 Å². The van der Waals surface area contributed by atoms with E-state index in [-0.39, 0.29) is 26.2 Å². The topological polar surface area (TPSA) is 57.5 Å². The van der Waals surface area contributed by atoms with Gasteiger partial charge in [0.2, 0.25) is 0 Å². The zero-order valence-corrected chi connectivity index (χ0v) is 12.0. The Balaban J connectivity index is 0.00000121. The van der Waals surface area contributed by atoms with Crippen molar-refractivity contribution in [1.29, 1.82) is 0 Å². The van der Waals surface area contributed by atoms with Gasteiger partial charge in [-0.05, 0) is 5.56 Å². The Hall–Kier alpha value is -0.467. The molecule has 1 atom stereocenters.